The normalized spacial score (nSPS) is 12.8. The number of aryl methyl sites for hydroxylation is 3. The van der Waals surface area contributed by atoms with Crippen LogP contribution in [0.1, 0.15) is 24.6 Å². The molecular weight excluding hydrogens is 406 g/mol. The zero-order valence-corrected chi connectivity index (χ0v) is 18.8. The maximum Gasteiger partial charge on any atom is 0.0861 e. The fraction of sp³-hybridized carbons (Fsp3) is 0.360. The molecule has 3 rings (SSSR count). The van der Waals surface area contributed by atoms with Crippen molar-refractivity contribution in [3.05, 3.63) is 83.7 Å². The lowest BCUT2D eigenvalue weighted by molar-refractivity contribution is 0.113. The maximum absolute atomic E-state index is 9.34. The van der Waals surface area contributed by atoms with Gasteiger partial charge in [0.2, 0.25) is 0 Å². The van der Waals surface area contributed by atoms with Gasteiger partial charge in [-0.25, -0.2) is 0 Å². The highest BCUT2D eigenvalue weighted by atomic mass is 32.2. The van der Waals surface area contributed by atoms with Gasteiger partial charge < -0.3 is 10.2 Å². The zero-order valence-electron chi connectivity index (χ0n) is 18.0. The Bertz CT molecular complexity index is 939. The van der Waals surface area contributed by atoms with Crippen molar-refractivity contribution in [1.29, 1.82) is 0 Å². The van der Waals surface area contributed by atoms with Crippen molar-refractivity contribution in [2.24, 2.45) is 0 Å². The lowest BCUT2D eigenvalue weighted by Crippen LogP contribution is -2.14. The van der Waals surface area contributed by atoms with Crippen LogP contribution in [0.3, 0.4) is 0 Å². The average molecular weight is 438 g/mol. The molecule has 0 amide bonds. The van der Waals surface area contributed by atoms with E-state index in [1.165, 1.54) is 22.3 Å². The lowest BCUT2D eigenvalue weighted by atomic mass is 10.0. The van der Waals surface area contributed by atoms with Crippen LogP contribution in [-0.2, 0) is 19.4 Å². The van der Waals surface area contributed by atoms with Crippen molar-refractivity contribution in [2.45, 2.75) is 38.8 Å². The zero-order chi connectivity index (χ0) is 21.9. The first kappa shape index (κ1) is 23.3. The second-order valence-electron chi connectivity index (χ2n) is 7.71. The monoisotopic (exact) mass is 437 g/mol. The van der Waals surface area contributed by atoms with E-state index < -0.39 is 6.10 Å². The largest absolute Gasteiger partial charge is 0.394 e. The van der Waals surface area contributed by atoms with Crippen LogP contribution in [0.5, 0.6) is 0 Å². The van der Waals surface area contributed by atoms with E-state index in [9.17, 15) is 5.11 Å². The quantitative estimate of drug-likeness (QED) is 0.329. The molecule has 0 spiro atoms. The molecular formula is C25H31N3O2S. The number of rotatable bonds is 12. The summed E-state index contributed by atoms with van der Waals surface area (Å²) in [5, 5.41) is 26.7. The molecule has 0 bridgehead atoms. The molecule has 2 N–H and O–H groups in total. The molecule has 6 heteroatoms. The van der Waals surface area contributed by atoms with Crippen molar-refractivity contribution in [3.63, 3.8) is 0 Å². The topological polar surface area (TPSA) is 71.2 Å². The van der Waals surface area contributed by atoms with Crippen molar-refractivity contribution in [3.8, 4) is 11.1 Å². The molecule has 0 fully saturated rings. The van der Waals surface area contributed by atoms with Crippen LogP contribution >= 0.6 is 11.8 Å². The second kappa shape index (κ2) is 12.4. The minimum Gasteiger partial charge on any atom is -0.394 e. The van der Waals surface area contributed by atoms with Gasteiger partial charge in [0.25, 0.3) is 0 Å². The van der Waals surface area contributed by atoms with E-state index in [4.69, 9.17) is 5.11 Å². The van der Waals surface area contributed by atoms with E-state index in [2.05, 4.69) is 71.8 Å². The fourth-order valence-electron chi connectivity index (χ4n) is 3.18. The molecule has 2 aromatic carbocycles. The van der Waals surface area contributed by atoms with Crippen LogP contribution in [0.4, 0.5) is 0 Å². The summed E-state index contributed by atoms with van der Waals surface area (Å²) in [6, 6.07) is 19.2. The Labute approximate surface area is 188 Å². The predicted molar refractivity (Wildman–Crippen MR) is 128 cm³/mol. The first-order valence-corrected chi connectivity index (χ1v) is 11.8. The van der Waals surface area contributed by atoms with Gasteiger partial charge in [-0.05, 0) is 42.9 Å². The third-order valence-corrected chi connectivity index (χ3v) is 6.15. The SMILES string of the molecule is CC(=CCSCC(O)CO)CCn1cc(CCc2ccc(-c3ccccc3)cc2)nn1. The van der Waals surface area contributed by atoms with Gasteiger partial charge in [0, 0.05) is 24.2 Å². The summed E-state index contributed by atoms with van der Waals surface area (Å²) in [7, 11) is 0. The Hall–Kier alpha value is -2.41. The second-order valence-corrected chi connectivity index (χ2v) is 8.79. The van der Waals surface area contributed by atoms with Crippen molar-refractivity contribution >= 4 is 11.8 Å². The van der Waals surface area contributed by atoms with Crippen LogP contribution in [-0.4, -0.2) is 49.4 Å². The molecule has 1 atom stereocenters. The molecule has 0 aliphatic rings. The van der Waals surface area contributed by atoms with E-state index in [-0.39, 0.29) is 6.61 Å². The van der Waals surface area contributed by atoms with Gasteiger partial charge in [0.1, 0.15) is 0 Å². The minimum absolute atomic E-state index is 0.177. The molecule has 0 saturated heterocycles. The van der Waals surface area contributed by atoms with Gasteiger partial charge in [-0.3, -0.25) is 4.68 Å². The molecule has 0 saturated carbocycles. The highest BCUT2D eigenvalue weighted by Crippen LogP contribution is 2.19. The van der Waals surface area contributed by atoms with Crippen molar-refractivity contribution < 1.29 is 10.2 Å². The minimum atomic E-state index is -0.630. The first-order chi connectivity index (χ1) is 15.1. The molecule has 31 heavy (non-hydrogen) atoms. The Balaban J connectivity index is 1.41. The summed E-state index contributed by atoms with van der Waals surface area (Å²) in [6.45, 7) is 2.74. The molecule has 164 valence electrons. The lowest BCUT2D eigenvalue weighted by Gasteiger charge is -2.05. The number of hydrogen-bond acceptors (Lipinski definition) is 5. The fourth-order valence-corrected chi connectivity index (χ4v) is 4.10. The van der Waals surface area contributed by atoms with Crippen LogP contribution in [0, 0.1) is 0 Å². The summed E-state index contributed by atoms with van der Waals surface area (Å²) in [5.74, 6) is 1.40. The smallest absolute Gasteiger partial charge is 0.0861 e. The molecule has 3 aromatic rings. The number of aromatic nitrogens is 3. The Morgan fingerprint density at radius 2 is 1.81 bits per heavy atom. The number of allylic oxidation sites excluding steroid dienone is 1. The summed E-state index contributed by atoms with van der Waals surface area (Å²) < 4.78 is 1.91. The number of thioether (sulfide) groups is 1. The maximum atomic E-state index is 9.34. The van der Waals surface area contributed by atoms with E-state index in [1.807, 2.05) is 16.9 Å². The van der Waals surface area contributed by atoms with Gasteiger partial charge in [0.15, 0.2) is 0 Å². The third-order valence-electron chi connectivity index (χ3n) is 5.12. The Morgan fingerprint density at radius 1 is 1.06 bits per heavy atom. The molecule has 1 unspecified atom stereocenters. The third kappa shape index (κ3) is 7.98. The van der Waals surface area contributed by atoms with Gasteiger partial charge in [-0.15, -0.1) is 5.10 Å². The molecule has 0 radical (unpaired) electrons. The van der Waals surface area contributed by atoms with Crippen LogP contribution in [0.2, 0.25) is 0 Å². The van der Waals surface area contributed by atoms with E-state index in [0.29, 0.717) is 5.75 Å². The van der Waals surface area contributed by atoms with E-state index >= 15 is 0 Å². The molecule has 0 aliphatic heterocycles. The number of benzene rings is 2. The van der Waals surface area contributed by atoms with Crippen molar-refractivity contribution in [1.82, 2.24) is 15.0 Å². The summed E-state index contributed by atoms with van der Waals surface area (Å²) >= 11 is 1.62. The standard InChI is InChI=1S/C25H31N3O2S/c1-20(14-16-31-19-25(30)18-29)13-15-28-17-24(26-27-28)12-9-21-7-10-23(11-8-21)22-5-3-2-4-6-22/h2-8,10-11,14,17,25,29-30H,9,12-13,15-16,18-19H2,1H3. The molecule has 1 heterocycles. The van der Waals surface area contributed by atoms with E-state index in [0.717, 1.165) is 37.3 Å². The Morgan fingerprint density at radius 3 is 2.55 bits per heavy atom. The van der Waals surface area contributed by atoms with Crippen LogP contribution < -0.4 is 0 Å². The van der Waals surface area contributed by atoms with Gasteiger partial charge in [0.05, 0.1) is 18.4 Å². The molecule has 1 aromatic heterocycles. The summed E-state index contributed by atoms with van der Waals surface area (Å²) in [6.07, 6.45) is 6.33. The first-order valence-electron chi connectivity index (χ1n) is 10.7. The molecule has 0 aliphatic carbocycles. The highest BCUT2D eigenvalue weighted by molar-refractivity contribution is 7.99. The number of aliphatic hydroxyl groups is 2. The average Bonchev–Trinajstić information content (AvgIpc) is 3.28. The van der Waals surface area contributed by atoms with Crippen LogP contribution in [0.25, 0.3) is 11.1 Å². The van der Waals surface area contributed by atoms with Crippen molar-refractivity contribution in [2.75, 3.05) is 18.1 Å². The van der Waals surface area contributed by atoms with Crippen LogP contribution in [0.15, 0.2) is 72.4 Å². The number of nitrogens with zero attached hydrogens (tertiary/aromatic N) is 3. The van der Waals surface area contributed by atoms with Gasteiger partial charge >= 0.3 is 0 Å². The highest BCUT2D eigenvalue weighted by Gasteiger charge is 2.04. The van der Waals surface area contributed by atoms with Gasteiger partial charge in [-0.2, -0.15) is 11.8 Å². The molecule has 5 nitrogen and oxygen atoms in total. The summed E-state index contributed by atoms with van der Waals surface area (Å²) in [5.41, 5.74) is 6.09. The predicted octanol–water partition coefficient (Wildman–Crippen LogP) is 4.15. The number of hydrogen-bond donors (Lipinski definition) is 2. The van der Waals surface area contributed by atoms with E-state index in [1.54, 1.807) is 11.8 Å². The summed E-state index contributed by atoms with van der Waals surface area (Å²) in [4.78, 5) is 0. The Kier molecular flexibility index (Phi) is 9.34. The number of aliphatic hydroxyl groups excluding tert-OH is 2. The van der Waals surface area contributed by atoms with Gasteiger partial charge in [-0.1, -0.05) is 71.5 Å².